The number of aliphatic hydroxyl groups is 1. The van der Waals surface area contributed by atoms with E-state index in [0.717, 1.165) is 22.5 Å². The van der Waals surface area contributed by atoms with Crippen molar-refractivity contribution in [2.75, 3.05) is 0 Å². The Labute approximate surface area is 146 Å². The van der Waals surface area contributed by atoms with Crippen LogP contribution in [-0.2, 0) is 6.61 Å². The number of rotatable bonds is 3. The van der Waals surface area contributed by atoms with Gasteiger partial charge in [-0.05, 0) is 64.2 Å². The zero-order valence-electron chi connectivity index (χ0n) is 10.6. The fourth-order valence-electron chi connectivity index (χ4n) is 2.00. The standard InChI is InChI=1S/C13H10Br3N3OP/c14-21(15,16)13-17-12-3-1-2-11(19(12)18-13)10-6-4-9(8-20)5-7-10/h1-7,20H,8H2. The minimum absolute atomic E-state index is 0.0434. The number of hydrogen-bond donors (Lipinski definition) is 1. The molecule has 0 aliphatic carbocycles. The first kappa shape index (κ1) is 15.6. The van der Waals surface area contributed by atoms with Gasteiger partial charge in [0.25, 0.3) is 0 Å². The van der Waals surface area contributed by atoms with Gasteiger partial charge in [-0.2, -0.15) is 0 Å². The van der Waals surface area contributed by atoms with Crippen LogP contribution in [0.1, 0.15) is 5.56 Å². The molecule has 0 amide bonds. The highest BCUT2D eigenvalue weighted by atomic mass is 80.0. The third-order valence-electron chi connectivity index (χ3n) is 3.01. The van der Waals surface area contributed by atoms with Gasteiger partial charge in [0.1, 0.15) is 3.37 Å². The zero-order valence-corrected chi connectivity index (χ0v) is 16.3. The summed E-state index contributed by atoms with van der Waals surface area (Å²) < 4.78 is 0.0180. The minimum Gasteiger partial charge on any atom is -0.392 e. The van der Waals surface area contributed by atoms with Crippen molar-refractivity contribution in [1.29, 1.82) is 0 Å². The summed E-state index contributed by atoms with van der Waals surface area (Å²) in [6.45, 7) is 0.0434. The molecule has 0 bridgehead atoms. The minimum atomic E-state index is -1.80. The summed E-state index contributed by atoms with van der Waals surface area (Å²) in [4.78, 5) is 4.52. The Morgan fingerprint density at radius 3 is 2.38 bits per heavy atom. The number of benzene rings is 1. The molecule has 0 spiro atoms. The van der Waals surface area contributed by atoms with Crippen molar-refractivity contribution in [2.24, 2.45) is 0 Å². The smallest absolute Gasteiger partial charge is 0.200 e. The topological polar surface area (TPSA) is 50.4 Å². The highest BCUT2D eigenvalue weighted by Crippen LogP contribution is 2.78. The van der Waals surface area contributed by atoms with E-state index in [2.05, 4.69) is 56.6 Å². The molecule has 21 heavy (non-hydrogen) atoms. The average molecular weight is 495 g/mol. The van der Waals surface area contributed by atoms with Crippen LogP contribution in [0.2, 0.25) is 0 Å². The monoisotopic (exact) mass is 492 g/mol. The number of pyridine rings is 1. The third kappa shape index (κ3) is 3.22. The molecule has 0 saturated carbocycles. The molecule has 1 N–H and O–H groups in total. The van der Waals surface area contributed by atoms with E-state index in [0.29, 0.717) is 5.57 Å². The van der Waals surface area contributed by atoms with Crippen molar-refractivity contribution in [3.63, 3.8) is 0 Å². The molecule has 3 rings (SSSR count). The molecule has 2 aromatic heterocycles. The maximum Gasteiger partial charge on any atom is 0.200 e. The number of aromatic nitrogens is 3. The lowest BCUT2D eigenvalue weighted by atomic mass is 10.1. The van der Waals surface area contributed by atoms with Crippen molar-refractivity contribution in [3.05, 3.63) is 48.0 Å². The molecule has 109 valence electrons. The summed E-state index contributed by atoms with van der Waals surface area (Å²) in [5.74, 6) is 0. The van der Waals surface area contributed by atoms with Crippen LogP contribution in [-0.4, -0.2) is 19.7 Å². The van der Waals surface area contributed by atoms with Gasteiger partial charge in [-0.1, -0.05) is 30.3 Å². The third-order valence-corrected chi connectivity index (χ3v) is 6.51. The number of halogens is 3. The van der Waals surface area contributed by atoms with Crippen LogP contribution < -0.4 is 5.57 Å². The highest BCUT2D eigenvalue weighted by Gasteiger charge is 2.25. The Balaban J connectivity index is 2.15. The van der Waals surface area contributed by atoms with Gasteiger partial charge in [-0.3, -0.25) is 0 Å². The van der Waals surface area contributed by atoms with Crippen molar-refractivity contribution in [3.8, 4) is 11.3 Å². The normalized spacial score (nSPS) is 12.0. The van der Waals surface area contributed by atoms with Crippen molar-refractivity contribution < 1.29 is 5.11 Å². The van der Waals surface area contributed by atoms with E-state index in [1.165, 1.54) is 0 Å². The van der Waals surface area contributed by atoms with Crippen LogP contribution in [0.3, 0.4) is 0 Å². The van der Waals surface area contributed by atoms with Crippen molar-refractivity contribution in [2.45, 2.75) is 6.61 Å². The number of fused-ring (bicyclic) bond motifs is 1. The summed E-state index contributed by atoms with van der Waals surface area (Å²) >= 11 is 10.6. The van der Waals surface area contributed by atoms with Crippen LogP contribution in [0.15, 0.2) is 42.5 Å². The Kier molecular flexibility index (Phi) is 4.48. The molecular weight excluding hydrogens is 485 g/mol. The molecule has 1 aromatic carbocycles. The van der Waals surface area contributed by atoms with Gasteiger partial charge in [0, 0.05) is 5.56 Å². The highest BCUT2D eigenvalue weighted by molar-refractivity contribution is 9.97. The van der Waals surface area contributed by atoms with Crippen LogP contribution in [0.25, 0.3) is 16.9 Å². The lowest BCUT2D eigenvalue weighted by Gasteiger charge is -2.07. The van der Waals surface area contributed by atoms with Gasteiger partial charge in [-0.25, -0.2) is 9.50 Å². The van der Waals surface area contributed by atoms with E-state index in [-0.39, 0.29) is 6.61 Å². The second kappa shape index (κ2) is 6.05. The second-order valence-electron chi connectivity index (χ2n) is 4.39. The molecule has 0 fully saturated rings. The zero-order chi connectivity index (χ0) is 15.0. The van der Waals surface area contributed by atoms with Gasteiger partial charge >= 0.3 is 0 Å². The second-order valence-corrected chi connectivity index (χ2v) is 23.8. The molecular formula is C13H10Br3N3OP. The summed E-state index contributed by atoms with van der Waals surface area (Å²) in [7, 11) is 0. The molecule has 0 atom stereocenters. The molecule has 0 saturated heterocycles. The van der Waals surface area contributed by atoms with E-state index < -0.39 is 3.37 Å². The predicted octanol–water partition coefficient (Wildman–Crippen LogP) is 4.46. The molecule has 0 unspecified atom stereocenters. The Hall–Kier alpha value is -0.330. The number of nitrogens with zero attached hydrogens (tertiary/aromatic N) is 3. The van der Waals surface area contributed by atoms with E-state index in [1.807, 2.05) is 47.0 Å². The maximum atomic E-state index is 9.12. The summed E-state index contributed by atoms with van der Waals surface area (Å²) in [5, 5.41) is 13.7. The molecule has 4 nitrogen and oxygen atoms in total. The van der Waals surface area contributed by atoms with Crippen LogP contribution in [0.5, 0.6) is 0 Å². The lowest BCUT2D eigenvalue weighted by molar-refractivity contribution is 0.282. The van der Waals surface area contributed by atoms with Gasteiger partial charge in [0.05, 0.1) is 12.3 Å². The molecule has 1 radical (unpaired) electrons. The van der Waals surface area contributed by atoms with Crippen molar-refractivity contribution in [1.82, 2.24) is 14.6 Å². The Bertz CT molecular complexity index is 783. The largest absolute Gasteiger partial charge is 0.392 e. The van der Waals surface area contributed by atoms with Gasteiger partial charge in [0.15, 0.2) is 11.2 Å². The van der Waals surface area contributed by atoms with Gasteiger partial charge in [-0.15, -0.1) is 5.10 Å². The summed E-state index contributed by atoms with van der Waals surface area (Å²) in [5.41, 5.74) is 4.35. The average Bonchev–Trinajstić information content (AvgIpc) is 2.91. The number of hydrogen-bond acceptors (Lipinski definition) is 3. The van der Waals surface area contributed by atoms with Crippen LogP contribution in [0.4, 0.5) is 0 Å². The molecule has 3 aromatic rings. The van der Waals surface area contributed by atoms with E-state index in [4.69, 9.17) is 5.11 Å². The van der Waals surface area contributed by atoms with Crippen LogP contribution in [0, 0.1) is 0 Å². The lowest BCUT2D eigenvalue weighted by Crippen LogP contribution is -2.04. The number of aliphatic hydroxyl groups excluding tert-OH is 1. The molecule has 8 heteroatoms. The molecule has 0 aliphatic rings. The van der Waals surface area contributed by atoms with E-state index >= 15 is 0 Å². The van der Waals surface area contributed by atoms with Gasteiger partial charge < -0.3 is 5.11 Å². The molecule has 2 heterocycles. The fourth-order valence-corrected chi connectivity index (χ4v) is 3.76. The van der Waals surface area contributed by atoms with Gasteiger partial charge in [0.2, 0.25) is 0 Å². The Morgan fingerprint density at radius 1 is 1.05 bits per heavy atom. The van der Waals surface area contributed by atoms with E-state index in [1.54, 1.807) is 0 Å². The molecule has 0 aliphatic heterocycles. The van der Waals surface area contributed by atoms with Crippen LogP contribution >= 0.6 is 49.8 Å². The first-order valence-corrected chi connectivity index (χ1v) is 13.9. The van der Waals surface area contributed by atoms with E-state index in [9.17, 15) is 0 Å². The Morgan fingerprint density at radius 2 is 1.76 bits per heavy atom. The summed E-state index contributed by atoms with van der Waals surface area (Å²) in [6, 6.07) is 13.6. The maximum absolute atomic E-state index is 9.12. The first-order chi connectivity index (χ1) is 9.99. The first-order valence-electron chi connectivity index (χ1n) is 6.03. The van der Waals surface area contributed by atoms with Crippen molar-refractivity contribution >= 4 is 61.1 Å². The SMILES string of the molecule is OCc1ccc(-c2cccc3nc([P](Br)(Br)Br)nn23)cc1. The summed E-state index contributed by atoms with van der Waals surface area (Å²) in [6.07, 6.45) is 0. The fraction of sp³-hybridized carbons (Fsp3) is 0.0769. The quantitative estimate of drug-likeness (QED) is 0.547. The predicted molar refractivity (Wildman–Crippen MR) is 97.7 cm³/mol.